The molecule has 0 saturated carbocycles. The van der Waals surface area contributed by atoms with Crippen LogP contribution in [0.5, 0.6) is 0 Å². The van der Waals surface area contributed by atoms with Crippen LogP contribution in [0.25, 0.3) is 17.0 Å². The van der Waals surface area contributed by atoms with Gasteiger partial charge in [0.15, 0.2) is 11.3 Å². The minimum atomic E-state index is -4.65. The summed E-state index contributed by atoms with van der Waals surface area (Å²) in [6, 6.07) is 1.70. The van der Waals surface area contributed by atoms with Crippen LogP contribution in [-0.4, -0.2) is 29.9 Å². The molecule has 0 amide bonds. The standard InChI is InChI=1S/C11H10F3N7/c1-4-3-5(2)17-10(16-4)21-9-6(8(15)18-19-9)7(20-21)11(12,13)14/h3H,1-2H3,(H3,15,18,19). The number of nitrogens with one attached hydrogen (secondary N) is 1. The molecule has 7 nitrogen and oxygen atoms in total. The third-order valence-electron chi connectivity index (χ3n) is 2.84. The molecule has 0 aliphatic rings. The molecule has 0 aliphatic carbocycles. The predicted octanol–water partition coefficient (Wildman–Crippen LogP) is 1.76. The van der Waals surface area contributed by atoms with Crippen LogP contribution < -0.4 is 5.73 Å². The highest BCUT2D eigenvalue weighted by molar-refractivity contribution is 5.90. The molecule has 0 aromatic carbocycles. The first kappa shape index (κ1) is 13.3. The fourth-order valence-corrected chi connectivity index (χ4v) is 2.07. The second-order valence-corrected chi connectivity index (χ2v) is 4.54. The van der Waals surface area contributed by atoms with Crippen LogP contribution >= 0.6 is 0 Å². The zero-order chi connectivity index (χ0) is 15.4. The Labute approximate surface area is 116 Å². The highest BCUT2D eigenvalue weighted by Gasteiger charge is 2.39. The monoisotopic (exact) mass is 297 g/mol. The van der Waals surface area contributed by atoms with Gasteiger partial charge in [-0.05, 0) is 19.9 Å². The highest BCUT2D eigenvalue weighted by atomic mass is 19.4. The van der Waals surface area contributed by atoms with Gasteiger partial charge in [-0.2, -0.15) is 28.1 Å². The Bertz CT molecular complexity index is 810. The number of anilines is 1. The van der Waals surface area contributed by atoms with E-state index in [0.717, 1.165) is 4.68 Å². The second kappa shape index (κ2) is 4.17. The Morgan fingerprint density at radius 3 is 2.38 bits per heavy atom. The first-order chi connectivity index (χ1) is 9.77. The normalized spacial score (nSPS) is 12.2. The first-order valence-corrected chi connectivity index (χ1v) is 5.90. The van der Waals surface area contributed by atoms with Gasteiger partial charge >= 0.3 is 6.18 Å². The third-order valence-corrected chi connectivity index (χ3v) is 2.84. The summed E-state index contributed by atoms with van der Waals surface area (Å²) >= 11 is 0. The average molecular weight is 297 g/mol. The zero-order valence-corrected chi connectivity index (χ0v) is 11.0. The number of H-pyrrole nitrogens is 1. The van der Waals surface area contributed by atoms with E-state index in [2.05, 4.69) is 25.3 Å². The van der Waals surface area contributed by atoms with Crippen LogP contribution in [0.15, 0.2) is 6.07 Å². The Hall–Kier alpha value is -2.65. The van der Waals surface area contributed by atoms with E-state index in [9.17, 15) is 13.2 Å². The molecule has 3 rings (SSSR count). The van der Waals surface area contributed by atoms with Crippen molar-refractivity contribution in [2.24, 2.45) is 0 Å². The smallest absolute Gasteiger partial charge is 0.383 e. The summed E-state index contributed by atoms with van der Waals surface area (Å²) < 4.78 is 40.1. The van der Waals surface area contributed by atoms with Gasteiger partial charge in [-0.1, -0.05) is 0 Å². The predicted molar refractivity (Wildman–Crippen MR) is 67.7 cm³/mol. The molecule has 0 radical (unpaired) electrons. The van der Waals surface area contributed by atoms with Gasteiger partial charge in [0.05, 0.1) is 5.39 Å². The van der Waals surface area contributed by atoms with E-state index in [1.807, 2.05) is 0 Å². The molecule has 0 fully saturated rings. The number of alkyl halides is 3. The van der Waals surface area contributed by atoms with Gasteiger partial charge < -0.3 is 5.73 Å². The number of nitrogen functional groups attached to an aromatic ring is 1. The SMILES string of the molecule is Cc1cc(C)nc(-n2nc(C(F)(F)F)c3c(N)[nH]nc32)n1. The third kappa shape index (κ3) is 2.08. The summed E-state index contributed by atoms with van der Waals surface area (Å²) in [6.07, 6.45) is -4.65. The number of aromatic amines is 1. The number of hydrogen-bond donors (Lipinski definition) is 2. The van der Waals surface area contributed by atoms with Crippen LogP contribution in [0.1, 0.15) is 17.1 Å². The maximum Gasteiger partial charge on any atom is 0.436 e. The molecule has 3 heterocycles. The van der Waals surface area contributed by atoms with E-state index in [1.54, 1.807) is 19.9 Å². The van der Waals surface area contributed by atoms with E-state index in [4.69, 9.17) is 5.73 Å². The number of rotatable bonds is 1. The van der Waals surface area contributed by atoms with Crippen molar-refractivity contribution in [2.75, 3.05) is 5.73 Å². The largest absolute Gasteiger partial charge is 0.436 e. The van der Waals surface area contributed by atoms with Crippen LogP contribution in [0.3, 0.4) is 0 Å². The molecule has 0 atom stereocenters. The van der Waals surface area contributed by atoms with E-state index in [0.29, 0.717) is 11.4 Å². The van der Waals surface area contributed by atoms with Gasteiger partial charge in [0.1, 0.15) is 5.82 Å². The maximum absolute atomic E-state index is 13.0. The van der Waals surface area contributed by atoms with Crippen LogP contribution in [0, 0.1) is 13.8 Å². The lowest BCUT2D eigenvalue weighted by Gasteiger charge is -2.04. The van der Waals surface area contributed by atoms with E-state index in [1.165, 1.54) is 0 Å². The topological polar surface area (TPSA) is 98.3 Å². The minimum Gasteiger partial charge on any atom is -0.383 e. The summed E-state index contributed by atoms with van der Waals surface area (Å²) in [5.41, 5.74) is 5.55. The summed E-state index contributed by atoms with van der Waals surface area (Å²) in [7, 11) is 0. The van der Waals surface area contributed by atoms with Gasteiger partial charge in [0, 0.05) is 11.4 Å². The summed E-state index contributed by atoms with van der Waals surface area (Å²) in [5.74, 6) is -0.188. The Morgan fingerprint density at radius 2 is 1.81 bits per heavy atom. The molecule has 0 saturated heterocycles. The van der Waals surface area contributed by atoms with Gasteiger partial charge in [0.25, 0.3) is 5.95 Å². The molecule has 0 unspecified atom stereocenters. The summed E-state index contributed by atoms with van der Waals surface area (Å²) in [6.45, 7) is 3.42. The van der Waals surface area contributed by atoms with Crippen molar-refractivity contribution in [3.63, 3.8) is 0 Å². The van der Waals surface area contributed by atoms with Gasteiger partial charge in [-0.25, -0.2) is 9.97 Å². The van der Waals surface area contributed by atoms with Crippen molar-refractivity contribution in [3.8, 4) is 5.95 Å². The van der Waals surface area contributed by atoms with Crippen molar-refractivity contribution in [2.45, 2.75) is 20.0 Å². The first-order valence-electron chi connectivity index (χ1n) is 5.90. The molecule has 110 valence electrons. The quantitative estimate of drug-likeness (QED) is 0.713. The second-order valence-electron chi connectivity index (χ2n) is 4.54. The Balaban J connectivity index is 2.34. The molecule has 0 spiro atoms. The molecule has 3 aromatic heterocycles. The van der Waals surface area contributed by atoms with Crippen molar-refractivity contribution >= 4 is 16.9 Å². The molecular formula is C11H10F3N7. The number of fused-ring (bicyclic) bond motifs is 1. The molecule has 0 aliphatic heterocycles. The Kier molecular flexibility index (Phi) is 2.65. The van der Waals surface area contributed by atoms with Gasteiger partial charge in [-0.3, -0.25) is 5.10 Å². The molecule has 0 bridgehead atoms. The van der Waals surface area contributed by atoms with E-state index in [-0.39, 0.29) is 22.8 Å². The lowest BCUT2D eigenvalue weighted by molar-refractivity contribution is -0.140. The lowest BCUT2D eigenvalue weighted by Crippen LogP contribution is -2.10. The Morgan fingerprint density at radius 1 is 1.19 bits per heavy atom. The molecular weight excluding hydrogens is 287 g/mol. The van der Waals surface area contributed by atoms with Crippen LogP contribution in [-0.2, 0) is 6.18 Å². The molecule has 3 N–H and O–H groups in total. The number of nitrogens with zero attached hydrogens (tertiary/aromatic N) is 5. The van der Waals surface area contributed by atoms with Crippen molar-refractivity contribution in [3.05, 3.63) is 23.1 Å². The van der Waals surface area contributed by atoms with Crippen molar-refractivity contribution in [1.29, 1.82) is 0 Å². The average Bonchev–Trinajstić information content (AvgIpc) is 2.88. The van der Waals surface area contributed by atoms with Gasteiger partial charge in [0.2, 0.25) is 0 Å². The summed E-state index contributed by atoms with van der Waals surface area (Å²) in [4.78, 5) is 8.17. The number of nitrogens with two attached hydrogens (primary N) is 1. The van der Waals surface area contributed by atoms with Gasteiger partial charge in [-0.15, -0.1) is 0 Å². The fourth-order valence-electron chi connectivity index (χ4n) is 2.07. The number of hydrogen-bond acceptors (Lipinski definition) is 5. The highest BCUT2D eigenvalue weighted by Crippen LogP contribution is 2.36. The fraction of sp³-hybridized carbons (Fsp3) is 0.273. The molecule has 10 heteroatoms. The van der Waals surface area contributed by atoms with Crippen LogP contribution in [0.4, 0.5) is 19.0 Å². The number of aryl methyl sites for hydroxylation is 2. The molecule has 3 aromatic rings. The van der Waals surface area contributed by atoms with Crippen molar-refractivity contribution in [1.82, 2.24) is 29.9 Å². The maximum atomic E-state index is 13.0. The number of aromatic nitrogens is 6. The lowest BCUT2D eigenvalue weighted by atomic mass is 10.3. The van der Waals surface area contributed by atoms with Crippen molar-refractivity contribution < 1.29 is 13.2 Å². The molecule has 21 heavy (non-hydrogen) atoms. The minimum absolute atomic E-state index is 0.0134. The number of halogens is 3. The zero-order valence-electron chi connectivity index (χ0n) is 11.0. The van der Waals surface area contributed by atoms with E-state index < -0.39 is 11.9 Å². The van der Waals surface area contributed by atoms with Crippen LogP contribution in [0.2, 0.25) is 0 Å². The van der Waals surface area contributed by atoms with E-state index >= 15 is 0 Å². The summed E-state index contributed by atoms with van der Waals surface area (Å²) in [5, 5.41) is 9.33.